The molecule has 0 aliphatic rings. The number of aromatic nitrogens is 2. The Labute approximate surface area is 279 Å². The summed E-state index contributed by atoms with van der Waals surface area (Å²) in [5, 5.41) is 8.24. The first-order valence-electron chi connectivity index (χ1n) is 13.7. The summed E-state index contributed by atoms with van der Waals surface area (Å²) in [5.41, 5.74) is 2.82. The predicted molar refractivity (Wildman–Crippen MR) is 191 cm³/mol. The standard InChI is InChI=1S/C35H23I2N3O4/c1-42-30-14-7-15-31-26(30)18-32(44-31)34-39-29-13-5-4-12-25(29)35(41)40(34)38-19-21-16-27(36)33(28(37)17-21)43-20-23-10-6-9-22-8-2-3-11-24(22)23/h2-19H,20H2,1H3. The number of benzene rings is 5. The predicted octanol–water partition coefficient (Wildman–Crippen LogP) is 8.64. The molecule has 7 nitrogen and oxygen atoms in total. The number of nitrogens with zero attached hydrogens (tertiary/aromatic N) is 3. The third-order valence-corrected chi connectivity index (χ3v) is 8.91. The van der Waals surface area contributed by atoms with Gasteiger partial charge in [0.15, 0.2) is 5.76 Å². The zero-order valence-electron chi connectivity index (χ0n) is 23.3. The van der Waals surface area contributed by atoms with Crippen molar-refractivity contribution in [2.45, 2.75) is 6.61 Å². The average Bonchev–Trinajstić information content (AvgIpc) is 3.48. The normalized spacial score (nSPS) is 11.6. The minimum Gasteiger partial charge on any atom is -0.496 e. The van der Waals surface area contributed by atoms with Crippen molar-refractivity contribution in [1.82, 2.24) is 9.66 Å². The quantitative estimate of drug-likeness (QED) is 0.119. The highest BCUT2D eigenvalue weighted by molar-refractivity contribution is 14.1. The molecule has 9 heteroatoms. The molecule has 0 unspecified atom stereocenters. The van der Waals surface area contributed by atoms with E-state index in [1.807, 2.05) is 60.7 Å². The van der Waals surface area contributed by atoms with Crippen LogP contribution in [0.4, 0.5) is 0 Å². The first kappa shape index (κ1) is 28.5. The lowest BCUT2D eigenvalue weighted by molar-refractivity contribution is 0.303. The fraction of sp³-hybridized carbons (Fsp3) is 0.0571. The SMILES string of the molecule is COc1cccc2oc(-c3nc4ccccc4c(=O)n3N=Cc3cc(I)c(OCc4cccc5ccccc45)c(I)c3)cc12. The monoisotopic (exact) mass is 803 g/mol. The van der Waals surface area contributed by atoms with Crippen LogP contribution in [0, 0.1) is 7.14 Å². The third-order valence-electron chi connectivity index (χ3n) is 7.31. The van der Waals surface area contributed by atoms with E-state index in [0.717, 1.165) is 29.4 Å². The van der Waals surface area contributed by atoms with Gasteiger partial charge < -0.3 is 13.9 Å². The van der Waals surface area contributed by atoms with Gasteiger partial charge in [0.05, 0.1) is 36.8 Å². The number of halogens is 2. The van der Waals surface area contributed by atoms with Crippen LogP contribution in [-0.2, 0) is 6.61 Å². The molecule has 5 aromatic carbocycles. The van der Waals surface area contributed by atoms with Gasteiger partial charge in [-0.2, -0.15) is 9.78 Å². The van der Waals surface area contributed by atoms with Gasteiger partial charge in [-0.15, -0.1) is 0 Å². The molecule has 0 amide bonds. The third kappa shape index (κ3) is 5.34. The van der Waals surface area contributed by atoms with Crippen LogP contribution in [0.3, 0.4) is 0 Å². The second kappa shape index (κ2) is 12.0. The number of fused-ring (bicyclic) bond motifs is 3. The van der Waals surface area contributed by atoms with Crippen molar-refractivity contribution in [2.24, 2.45) is 5.10 Å². The number of hydrogen-bond donors (Lipinski definition) is 0. The molecule has 2 heterocycles. The van der Waals surface area contributed by atoms with E-state index in [-0.39, 0.29) is 5.56 Å². The van der Waals surface area contributed by atoms with Gasteiger partial charge in [0, 0.05) is 0 Å². The molecule has 0 aliphatic heterocycles. The van der Waals surface area contributed by atoms with E-state index < -0.39 is 0 Å². The molecular formula is C35H23I2N3O4. The molecule has 216 valence electrons. The largest absolute Gasteiger partial charge is 0.496 e. The van der Waals surface area contributed by atoms with Crippen molar-refractivity contribution in [1.29, 1.82) is 0 Å². The van der Waals surface area contributed by atoms with E-state index in [1.165, 1.54) is 15.4 Å². The number of furan rings is 1. The number of rotatable bonds is 7. The van der Waals surface area contributed by atoms with E-state index in [0.29, 0.717) is 40.4 Å². The van der Waals surface area contributed by atoms with E-state index in [1.54, 1.807) is 25.5 Å². The Morgan fingerprint density at radius 1 is 0.864 bits per heavy atom. The van der Waals surface area contributed by atoms with Crippen molar-refractivity contribution < 1.29 is 13.9 Å². The van der Waals surface area contributed by atoms with Gasteiger partial charge in [-0.3, -0.25) is 4.79 Å². The highest BCUT2D eigenvalue weighted by atomic mass is 127. The highest BCUT2D eigenvalue weighted by Gasteiger charge is 2.18. The molecule has 7 aromatic rings. The van der Waals surface area contributed by atoms with Gasteiger partial charge in [0.1, 0.15) is 23.7 Å². The molecule has 44 heavy (non-hydrogen) atoms. The maximum absolute atomic E-state index is 13.7. The fourth-order valence-corrected chi connectivity index (χ4v) is 7.32. The van der Waals surface area contributed by atoms with Crippen LogP contribution in [0.1, 0.15) is 11.1 Å². The van der Waals surface area contributed by atoms with E-state index in [9.17, 15) is 4.79 Å². The van der Waals surface area contributed by atoms with Crippen LogP contribution in [0.5, 0.6) is 11.5 Å². The summed E-state index contributed by atoms with van der Waals surface area (Å²) in [6, 6.07) is 33.1. The summed E-state index contributed by atoms with van der Waals surface area (Å²) < 4.78 is 21.1. The minimum absolute atomic E-state index is 0.294. The molecular weight excluding hydrogens is 780 g/mol. The lowest BCUT2D eigenvalue weighted by atomic mass is 10.1. The molecule has 0 spiro atoms. The van der Waals surface area contributed by atoms with Gasteiger partial charge in [-0.05, 0) is 110 Å². The Morgan fingerprint density at radius 2 is 1.59 bits per heavy atom. The van der Waals surface area contributed by atoms with Crippen molar-refractivity contribution in [3.63, 3.8) is 0 Å². The fourth-order valence-electron chi connectivity index (χ4n) is 5.20. The van der Waals surface area contributed by atoms with Crippen LogP contribution < -0.4 is 15.0 Å². The summed E-state index contributed by atoms with van der Waals surface area (Å²) in [6.45, 7) is 0.449. The number of hydrogen-bond acceptors (Lipinski definition) is 6. The summed E-state index contributed by atoms with van der Waals surface area (Å²) >= 11 is 4.55. The Balaban J connectivity index is 1.25. The summed E-state index contributed by atoms with van der Waals surface area (Å²) in [7, 11) is 1.61. The van der Waals surface area contributed by atoms with E-state index in [2.05, 4.69) is 80.6 Å². The zero-order chi connectivity index (χ0) is 30.2. The molecule has 0 aliphatic carbocycles. The molecule has 2 aromatic heterocycles. The number of para-hydroxylation sites is 1. The molecule has 0 saturated heterocycles. The van der Waals surface area contributed by atoms with Crippen molar-refractivity contribution >= 4 is 84.0 Å². The highest BCUT2D eigenvalue weighted by Crippen LogP contribution is 2.33. The molecule has 0 saturated carbocycles. The lowest BCUT2D eigenvalue weighted by Crippen LogP contribution is -2.20. The van der Waals surface area contributed by atoms with Gasteiger partial charge in [-0.1, -0.05) is 60.7 Å². The first-order valence-corrected chi connectivity index (χ1v) is 15.9. The van der Waals surface area contributed by atoms with Crippen molar-refractivity contribution in [3.8, 4) is 23.1 Å². The van der Waals surface area contributed by atoms with Crippen LogP contribution in [0.15, 0.2) is 117 Å². The van der Waals surface area contributed by atoms with Crippen molar-refractivity contribution in [3.05, 3.63) is 132 Å². The Bertz CT molecular complexity index is 2260. The number of ether oxygens (including phenoxy) is 2. The lowest BCUT2D eigenvalue weighted by Gasteiger charge is -2.13. The minimum atomic E-state index is -0.297. The molecule has 7 rings (SSSR count). The van der Waals surface area contributed by atoms with Crippen LogP contribution in [-0.4, -0.2) is 23.0 Å². The second-order valence-electron chi connectivity index (χ2n) is 10.0. The Hall–Kier alpha value is -4.23. The van der Waals surface area contributed by atoms with Gasteiger partial charge >= 0.3 is 0 Å². The van der Waals surface area contributed by atoms with Gasteiger partial charge in [0.2, 0.25) is 5.82 Å². The average molecular weight is 803 g/mol. The summed E-state index contributed by atoms with van der Waals surface area (Å²) in [4.78, 5) is 18.5. The van der Waals surface area contributed by atoms with Crippen LogP contribution in [0.25, 0.3) is 44.2 Å². The topological polar surface area (TPSA) is 78.9 Å². The van der Waals surface area contributed by atoms with E-state index in [4.69, 9.17) is 18.9 Å². The van der Waals surface area contributed by atoms with Crippen LogP contribution in [0.2, 0.25) is 0 Å². The maximum atomic E-state index is 13.7. The van der Waals surface area contributed by atoms with Gasteiger partial charge in [0.25, 0.3) is 5.56 Å². The summed E-state index contributed by atoms with van der Waals surface area (Å²) in [5.74, 6) is 2.17. The van der Waals surface area contributed by atoms with Crippen LogP contribution >= 0.6 is 45.2 Å². The smallest absolute Gasteiger partial charge is 0.282 e. The van der Waals surface area contributed by atoms with Crippen molar-refractivity contribution in [2.75, 3.05) is 7.11 Å². The molecule has 0 N–H and O–H groups in total. The second-order valence-corrected chi connectivity index (χ2v) is 12.4. The molecule has 0 radical (unpaired) electrons. The molecule has 0 bridgehead atoms. The Morgan fingerprint density at radius 3 is 2.41 bits per heavy atom. The molecule has 0 atom stereocenters. The summed E-state index contributed by atoms with van der Waals surface area (Å²) in [6.07, 6.45) is 1.66. The zero-order valence-corrected chi connectivity index (χ0v) is 27.6. The maximum Gasteiger partial charge on any atom is 0.282 e. The Kier molecular flexibility index (Phi) is 7.81. The van der Waals surface area contributed by atoms with Gasteiger partial charge in [-0.25, -0.2) is 4.98 Å². The van der Waals surface area contributed by atoms with E-state index >= 15 is 0 Å². The first-order chi connectivity index (χ1) is 21.5. The molecule has 0 fully saturated rings. The number of methoxy groups -OCH3 is 1.